The van der Waals surface area contributed by atoms with E-state index < -0.39 is 29.3 Å². The number of nitrogens with one attached hydrogen (secondary N) is 2. The van der Waals surface area contributed by atoms with Crippen molar-refractivity contribution in [2.45, 2.75) is 57.3 Å². The Morgan fingerprint density at radius 1 is 1.13 bits per heavy atom. The van der Waals surface area contributed by atoms with E-state index in [9.17, 15) is 27.2 Å². The number of carbonyl (C=O) groups excluding carboxylic acids is 2. The van der Waals surface area contributed by atoms with Gasteiger partial charge in [0.25, 0.3) is 5.91 Å². The van der Waals surface area contributed by atoms with Gasteiger partial charge in [0.15, 0.2) is 0 Å². The molecule has 0 bridgehead atoms. The first-order chi connectivity index (χ1) is 14.3. The van der Waals surface area contributed by atoms with E-state index in [1.165, 1.54) is 6.07 Å². The van der Waals surface area contributed by atoms with Gasteiger partial charge in [-0.25, -0.2) is 4.39 Å². The molecule has 0 saturated heterocycles. The zero-order valence-corrected chi connectivity index (χ0v) is 18.5. The van der Waals surface area contributed by atoms with Crippen LogP contribution in [0.5, 0.6) is 0 Å². The lowest BCUT2D eigenvalue weighted by atomic mass is 9.86. The number of likely N-dealkylation sites (N-methyl/N-ethyl adjacent to an activating group) is 1. The van der Waals surface area contributed by atoms with E-state index in [4.69, 9.17) is 11.6 Å². The Kier molecular flexibility index (Phi) is 8.33. The van der Waals surface area contributed by atoms with Gasteiger partial charge in [-0.2, -0.15) is 13.2 Å². The van der Waals surface area contributed by atoms with Gasteiger partial charge < -0.3 is 15.5 Å². The Morgan fingerprint density at radius 3 is 2.29 bits per heavy atom. The van der Waals surface area contributed by atoms with Gasteiger partial charge in [-0.05, 0) is 63.6 Å². The van der Waals surface area contributed by atoms with Crippen LogP contribution in [0.15, 0.2) is 18.2 Å². The second kappa shape index (κ2) is 10.2. The summed E-state index contributed by atoms with van der Waals surface area (Å²) in [6.07, 6.45) is -1.45. The highest BCUT2D eigenvalue weighted by atomic mass is 35.5. The van der Waals surface area contributed by atoms with Gasteiger partial charge in [-0.15, -0.1) is 0 Å². The second-order valence-corrected chi connectivity index (χ2v) is 8.91. The summed E-state index contributed by atoms with van der Waals surface area (Å²) in [7, 11) is 1.16. The molecule has 174 valence electrons. The lowest BCUT2D eigenvalue weighted by Gasteiger charge is -2.37. The quantitative estimate of drug-likeness (QED) is 0.594. The molecular weight excluding hydrogens is 438 g/mol. The van der Waals surface area contributed by atoms with Gasteiger partial charge in [0.05, 0.1) is 6.54 Å². The molecule has 1 aromatic carbocycles. The summed E-state index contributed by atoms with van der Waals surface area (Å²) < 4.78 is 52.6. The minimum atomic E-state index is -4.52. The third kappa shape index (κ3) is 6.80. The Hall–Kier alpha value is -1.87. The summed E-state index contributed by atoms with van der Waals surface area (Å²) in [4.78, 5) is 25.1. The van der Waals surface area contributed by atoms with Crippen molar-refractivity contribution < 1.29 is 27.2 Å². The molecule has 0 heterocycles. The summed E-state index contributed by atoms with van der Waals surface area (Å²) in [6, 6.07) is 3.67. The maximum atomic E-state index is 13.4. The van der Waals surface area contributed by atoms with E-state index in [0.29, 0.717) is 6.54 Å². The molecule has 0 unspecified atom stereocenters. The Labute approximate surface area is 184 Å². The van der Waals surface area contributed by atoms with Crippen molar-refractivity contribution in [1.29, 1.82) is 0 Å². The van der Waals surface area contributed by atoms with Gasteiger partial charge in [0.1, 0.15) is 11.4 Å². The lowest BCUT2D eigenvalue weighted by molar-refractivity contribution is -0.217. The second-order valence-electron chi connectivity index (χ2n) is 8.48. The summed E-state index contributed by atoms with van der Waals surface area (Å²) in [5.41, 5.74) is -2.09. The molecule has 0 aliphatic heterocycles. The average Bonchev–Trinajstić information content (AvgIpc) is 2.68. The molecular formula is C21H28ClF4N3O2. The monoisotopic (exact) mass is 465 g/mol. The van der Waals surface area contributed by atoms with Gasteiger partial charge in [0, 0.05) is 30.2 Å². The first-order valence-corrected chi connectivity index (χ1v) is 10.5. The molecule has 1 aliphatic rings. The van der Waals surface area contributed by atoms with Crippen molar-refractivity contribution in [1.82, 2.24) is 15.5 Å². The van der Waals surface area contributed by atoms with Crippen molar-refractivity contribution >= 4 is 23.4 Å². The van der Waals surface area contributed by atoms with E-state index in [1.807, 2.05) is 0 Å². The number of rotatable bonds is 7. The number of alkyl halides is 3. The normalized spacial score (nSPS) is 19.7. The van der Waals surface area contributed by atoms with Crippen LogP contribution in [0.2, 0.25) is 5.02 Å². The molecule has 2 N–H and O–H groups in total. The fourth-order valence-electron chi connectivity index (χ4n) is 3.45. The summed E-state index contributed by atoms with van der Waals surface area (Å²) in [6.45, 7) is 2.22. The molecule has 1 aromatic rings. The highest BCUT2D eigenvalue weighted by Gasteiger charge is 2.51. The number of hydrogen-bond donors (Lipinski definition) is 2. The van der Waals surface area contributed by atoms with Crippen molar-refractivity contribution in [3.63, 3.8) is 0 Å². The molecule has 5 nitrogen and oxygen atoms in total. The number of hydrogen-bond acceptors (Lipinski definition) is 3. The maximum absolute atomic E-state index is 13.4. The highest BCUT2D eigenvalue weighted by Crippen LogP contribution is 2.34. The van der Waals surface area contributed by atoms with Crippen LogP contribution < -0.4 is 10.6 Å². The first-order valence-electron chi connectivity index (χ1n) is 10.1. The van der Waals surface area contributed by atoms with Crippen LogP contribution in [0.25, 0.3) is 0 Å². The standard InChI is InChI=1S/C21H28ClF4N3O2/c1-20(2,21(24,25)26)29(3)18(30)12-27-17-6-4-13(5-7-17)11-28-19(31)14-8-15(22)10-16(23)9-14/h8-10,13,17,27H,4-7,11-12H2,1-3H3,(H,28,31)/t13-,17+. The van der Waals surface area contributed by atoms with E-state index in [-0.39, 0.29) is 29.1 Å². The zero-order valence-electron chi connectivity index (χ0n) is 17.8. The predicted molar refractivity (Wildman–Crippen MR) is 110 cm³/mol. The largest absolute Gasteiger partial charge is 0.411 e. The van der Waals surface area contributed by atoms with Crippen LogP contribution in [-0.4, -0.2) is 54.6 Å². The van der Waals surface area contributed by atoms with Crippen molar-refractivity contribution in [2.75, 3.05) is 20.1 Å². The molecule has 1 fully saturated rings. The van der Waals surface area contributed by atoms with Crippen LogP contribution in [0.4, 0.5) is 17.6 Å². The molecule has 0 aromatic heterocycles. The molecule has 0 spiro atoms. The fourth-order valence-corrected chi connectivity index (χ4v) is 3.67. The smallest absolute Gasteiger partial charge is 0.352 e. The number of nitrogens with zero attached hydrogens (tertiary/aromatic N) is 1. The van der Waals surface area contributed by atoms with E-state index >= 15 is 0 Å². The molecule has 1 saturated carbocycles. The van der Waals surface area contributed by atoms with E-state index in [0.717, 1.165) is 63.6 Å². The number of carbonyl (C=O) groups is 2. The lowest BCUT2D eigenvalue weighted by Crippen LogP contribution is -2.57. The maximum Gasteiger partial charge on any atom is 0.411 e. The van der Waals surface area contributed by atoms with Crippen molar-refractivity contribution in [3.05, 3.63) is 34.6 Å². The molecule has 0 atom stereocenters. The first kappa shape index (κ1) is 25.4. The SMILES string of the molecule is CN(C(=O)CN[C@H]1CC[C@@H](CNC(=O)c2cc(F)cc(Cl)c2)CC1)C(C)(C)C(F)(F)F. The van der Waals surface area contributed by atoms with Gasteiger partial charge in [-0.1, -0.05) is 11.6 Å². The Bertz CT molecular complexity index is 773. The topological polar surface area (TPSA) is 61.4 Å². The molecule has 2 amide bonds. The van der Waals surface area contributed by atoms with Gasteiger partial charge in [-0.3, -0.25) is 9.59 Å². The minimum absolute atomic E-state index is 0.0281. The third-order valence-electron chi connectivity index (χ3n) is 5.97. The zero-order chi connectivity index (χ0) is 23.4. The molecule has 0 radical (unpaired) electrons. The highest BCUT2D eigenvalue weighted by molar-refractivity contribution is 6.31. The Morgan fingerprint density at radius 2 is 1.74 bits per heavy atom. The third-order valence-corrected chi connectivity index (χ3v) is 6.19. The van der Waals surface area contributed by atoms with Crippen LogP contribution >= 0.6 is 11.6 Å². The number of halogens is 5. The van der Waals surface area contributed by atoms with Gasteiger partial charge >= 0.3 is 6.18 Å². The summed E-state index contributed by atoms with van der Waals surface area (Å²) in [5.74, 6) is -1.37. The van der Waals surface area contributed by atoms with Crippen LogP contribution in [0, 0.1) is 11.7 Å². The van der Waals surface area contributed by atoms with Gasteiger partial charge in [0.2, 0.25) is 5.91 Å². The summed E-state index contributed by atoms with van der Waals surface area (Å²) >= 11 is 5.77. The van der Waals surface area contributed by atoms with Crippen molar-refractivity contribution in [2.24, 2.45) is 5.92 Å². The molecule has 31 heavy (non-hydrogen) atoms. The molecule has 2 rings (SSSR count). The Balaban J connectivity index is 1.74. The minimum Gasteiger partial charge on any atom is -0.352 e. The van der Waals surface area contributed by atoms with Crippen LogP contribution in [0.1, 0.15) is 49.9 Å². The van der Waals surface area contributed by atoms with Crippen molar-refractivity contribution in [3.8, 4) is 0 Å². The van der Waals surface area contributed by atoms with Crippen LogP contribution in [0.3, 0.4) is 0 Å². The molecule has 1 aliphatic carbocycles. The predicted octanol–water partition coefficient (Wildman–Crippen LogP) is 4.16. The molecule has 10 heteroatoms. The number of amides is 2. The van der Waals surface area contributed by atoms with E-state index in [2.05, 4.69) is 10.6 Å². The summed E-state index contributed by atoms with van der Waals surface area (Å²) in [5, 5.41) is 5.98. The van der Waals surface area contributed by atoms with E-state index in [1.54, 1.807) is 0 Å². The average molecular weight is 466 g/mol. The van der Waals surface area contributed by atoms with Crippen LogP contribution in [-0.2, 0) is 4.79 Å². The number of benzene rings is 1. The fraction of sp³-hybridized carbons (Fsp3) is 0.619.